The molecular formula is C15H20N2O2S. The zero-order valence-electron chi connectivity index (χ0n) is 11.9. The van der Waals surface area contributed by atoms with E-state index in [2.05, 4.69) is 25.2 Å². The largest absolute Gasteiger partial charge is 0.381 e. The van der Waals surface area contributed by atoms with Gasteiger partial charge in [0.1, 0.15) is 5.41 Å². The Hall–Kier alpha value is -1.38. The number of amides is 1. The number of nitrogens with one attached hydrogen (secondary N) is 1. The summed E-state index contributed by atoms with van der Waals surface area (Å²) in [5.74, 6) is 0.128. The van der Waals surface area contributed by atoms with Gasteiger partial charge < -0.3 is 10.1 Å². The van der Waals surface area contributed by atoms with Crippen molar-refractivity contribution in [1.82, 2.24) is 5.32 Å². The molecule has 0 aliphatic carbocycles. The summed E-state index contributed by atoms with van der Waals surface area (Å²) in [5.41, 5.74) is -0.928. The molecule has 1 N–H and O–H groups in total. The van der Waals surface area contributed by atoms with Crippen molar-refractivity contribution < 1.29 is 9.53 Å². The van der Waals surface area contributed by atoms with Crippen LogP contribution in [-0.2, 0) is 9.53 Å². The second kappa shape index (κ2) is 6.38. The minimum Gasteiger partial charge on any atom is -0.381 e. The highest BCUT2D eigenvalue weighted by molar-refractivity contribution is 7.10. The number of nitriles is 1. The topological polar surface area (TPSA) is 62.1 Å². The van der Waals surface area contributed by atoms with E-state index in [-0.39, 0.29) is 17.9 Å². The summed E-state index contributed by atoms with van der Waals surface area (Å²) in [6.07, 6.45) is 0.954. The summed E-state index contributed by atoms with van der Waals surface area (Å²) in [6.45, 7) is 5.11. The van der Waals surface area contributed by atoms with Crippen LogP contribution >= 0.6 is 11.3 Å². The lowest BCUT2D eigenvalue weighted by Crippen LogP contribution is -2.45. The molecule has 1 aliphatic rings. The quantitative estimate of drug-likeness (QED) is 0.928. The molecule has 1 aromatic heterocycles. The van der Waals surface area contributed by atoms with E-state index >= 15 is 0 Å². The number of ether oxygens (including phenoxy) is 1. The van der Waals surface area contributed by atoms with Gasteiger partial charge in [0.05, 0.1) is 12.1 Å². The molecule has 5 heteroatoms. The Bertz CT molecular complexity index is 484. The van der Waals surface area contributed by atoms with Crippen molar-refractivity contribution in [2.24, 2.45) is 11.3 Å². The minimum atomic E-state index is -0.928. The van der Waals surface area contributed by atoms with Gasteiger partial charge in [0.25, 0.3) is 0 Å². The van der Waals surface area contributed by atoms with Gasteiger partial charge in [-0.05, 0) is 30.2 Å². The summed E-state index contributed by atoms with van der Waals surface area (Å²) in [7, 11) is 0. The first-order valence-electron chi connectivity index (χ1n) is 6.92. The van der Waals surface area contributed by atoms with Gasteiger partial charge in [-0.3, -0.25) is 4.79 Å². The first-order chi connectivity index (χ1) is 9.59. The van der Waals surface area contributed by atoms with Gasteiger partial charge in [0, 0.05) is 18.1 Å². The van der Waals surface area contributed by atoms with Crippen LogP contribution in [0.25, 0.3) is 0 Å². The molecule has 1 atom stereocenters. The van der Waals surface area contributed by atoms with E-state index in [0.717, 1.165) is 4.88 Å². The third-order valence-corrected chi connectivity index (χ3v) is 4.75. The number of hydrogen-bond acceptors (Lipinski definition) is 4. The summed E-state index contributed by atoms with van der Waals surface area (Å²) in [4.78, 5) is 13.7. The molecule has 0 radical (unpaired) electrons. The normalized spacial score (nSPS) is 19.3. The molecule has 1 unspecified atom stereocenters. The fraction of sp³-hybridized carbons (Fsp3) is 0.600. The van der Waals surface area contributed by atoms with E-state index in [1.165, 1.54) is 0 Å². The fourth-order valence-corrected chi connectivity index (χ4v) is 3.37. The highest BCUT2D eigenvalue weighted by Gasteiger charge is 2.41. The van der Waals surface area contributed by atoms with Crippen LogP contribution in [0.5, 0.6) is 0 Å². The lowest BCUT2D eigenvalue weighted by Gasteiger charge is -2.32. The zero-order valence-corrected chi connectivity index (χ0v) is 12.7. The maximum Gasteiger partial charge on any atom is 0.241 e. The van der Waals surface area contributed by atoms with Gasteiger partial charge in [0.2, 0.25) is 5.91 Å². The van der Waals surface area contributed by atoms with E-state index in [9.17, 15) is 10.1 Å². The van der Waals surface area contributed by atoms with Crippen molar-refractivity contribution in [1.29, 1.82) is 5.26 Å². The van der Waals surface area contributed by atoms with E-state index in [1.54, 1.807) is 11.3 Å². The Morgan fingerprint density at radius 3 is 2.70 bits per heavy atom. The SMILES string of the molecule is CC(C)C(NC(=O)C1(C#N)CCOCC1)c1cccs1. The van der Waals surface area contributed by atoms with Crippen molar-refractivity contribution in [2.75, 3.05) is 13.2 Å². The van der Waals surface area contributed by atoms with Gasteiger partial charge in [-0.25, -0.2) is 0 Å². The monoisotopic (exact) mass is 292 g/mol. The predicted molar refractivity (Wildman–Crippen MR) is 78.1 cm³/mol. The lowest BCUT2D eigenvalue weighted by molar-refractivity contribution is -0.133. The molecule has 20 heavy (non-hydrogen) atoms. The molecule has 0 spiro atoms. The molecule has 1 fully saturated rings. The fourth-order valence-electron chi connectivity index (χ4n) is 2.42. The maximum atomic E-state index is 12.6. The Kier molecular flexibility index (Phi) is 4.79. The third-order valence-electron chi connectivity index (χ3n) is 3.80. The number of carbonyl (C=O) groups excluding carboxylic acids is 1. The minimum absolute atomic E-state index is 0.0319. The number of carbonyl (C=O) groups is 1. The van der Waals surface area contributed by atoms with Gasteiger partial charge in [0.15, 0.2) is 0 Å². The Labute approximate surface area is 123 Å². The molecule has 1 saturated heterocycles. The maximum absolute atomic E-state index is 12.6. The van der Waals surface area contributed by atoms with Crippen LogP contribution in [0.4, 0.5) is 0 Å². The van der Waals surface area contributed by atoms with Gasteiger partial charge in [-0.1, -0.05) is 19.9 Å². The summed E-state index contributed by atoms with van der Waals surface area (Å²) >= 11 is 1.63. The molecule has 1 amide bonds. The second-order valence-electron chi connectivity index (χ2n) is 5.52. The number of thiophene rings is 1. The van der Waals surface area contributed by atoms with Crippen LogP contribution in [0.2, 0.25) is 0 Å². The summed E-state index contributed by atoms with van der Waals surface area (Å²) < 4.78 is 5.27. The third kappa shape index (κ3) is 3.02. The van der Waals surface area contributed by atoms with Crippen LogP contribution in [-0.4, -0.2) is 19.1 Å². The highest BCUT2D eigenvalue weighted by Crippen LogP contribution is 2.33. The van der Waals surface area contributed by atoms with Crippen LogP contribution in [0, 0.1) is 22.7 Å². The molecule has 1 aromatic rings. The smallest absolute Gasteiger partial charge is 0.241 e. The number of nitrogens with zero attached hydrogens (tertiary/aromatic N) is 1. The van der Waals surface area contributed by atoms with Crippen molar-refractivity contribution in [3.05, 3.63) is 22.4 Å². The van der Waals surface area contributed by atoms with Crippen LogP contribution < -0.4 is 5.32 Å². The molecule has 108 valence electrons. The average Bonchev–Trinajstić information content (AvgIpc) is 2.98. The predicted octanol–water partition coefficient (Wildman–Crippen LogP) is 2.88. The van der Waals surface area contributed by atoms with E-state index in [1.807, 2.05) is 17.5 Å². The standard InChI is InChI=1S/C15H20N2O2S/c1-11(2)13(12-4-3-9-20-12)17-14(18)15(10-16)5-7-19-8-6-15/h3-4,9,11,13H,5-8H2,1-2H3,(H,17,18). The summed E-state index contributed by atoms with van der Waals surface area (Å²) in [6, 6.07) is 6.19. The molecule has 2 rings (SSSR count). The molecule has 0 saturated carbocycles. The molecule has 2 heterocycles. The van der Waals surface area contributed by atoms with Crippen molar-refractivity contribution in [3.63, 3.8) is 0 Å². The van der Waals surface area contributed by atoms with Gasteiger partial charge >= 0.3 is 0 Å². The second-order valence-corrected chi connectivity index (χ2v) is 6.50. The zero-order chi connectivity index (χ0) is 14.6. The first kappa shape index (κ1) is 15.0. The Balaban J connectivity index is 2.14. The van der Waals surface area contributed by atoms with Crippen molar-refractivity contribution in [2.45, 2.75) is 32.7 Å². The van der Waals surface area contributed by atoms with Crippen LogP contribution in [0.3, 0.4) is 0 Å². The molecule has 1 aliphatic heterocycles. The molecule has 4 nitrogen and oxygen atoms in total. The average molecular weight is 292 g/mol. The summed E-state index contributed by atoms with van der Waals surface area (Å²) in [5, 5.41) is 14.5. The van der Waals surface area contributed by atoms with Gasteiger partial charge in [-0.2, -0.15) is 5.26 Å². The van der Waals surface area contributed by atoms with E-state index < -0.39 is 5.41 Å². The first-order valence-corrected chi connectivity index (χ1v) is 7.80. The van der Waals surface area contributed by atoms with Crippen molar-refractivity contribution in [3.8, 4) is 6.07 Å². The lowest BCUT2D eigenvalue weighted by atomic mass is 9.80. The van der Waals surface area contributed by atoms with E-state index in [4.69, 9.17) is 4.74 Å². The van der Waals surface area contributed by atoms with Crippen LogP contribution in [0.15, 0.2) is 17.5 Å². The number of hydrogen-bond donors (Lipinski definition) is 1. The van der Waals surface area contributed by atoms with Gasteiger partial charge in [-0.15, -0.1) is 11.3 Å². The number of rotatable bonds is 4. The van der Waals surface area contributed by atoms with Crippen LogP contribution in [0.1, 0.15) is 37.6 Å². The molecule has 0 bridgehead atoms. The van der Waals surface area contributed by atoms with Crippen molar-refractivity contribution >= 4 is 17.2 Å². The van der Waals surface area contributed by atoms with E-state index in [0.29, 0.717) is 26.1 Å². The highest BCUT2D eigenvalue weighted by atomic mass is 32.1. The Morgan fingerprint density at radius 2 is 2.20 bits per heavy atom. The Morgan fingerprint density at radius 1 is 1.50 bits per heavy atom. The molecular weight excluding hydrogens is 272 g/mol. The molecule has 0 aromatic carbocycles.